The second-order valence-electron chi connectivity index (χ2n) is 9.66. The zero-order valence-corrected chi connectivity index (χ0v) is 21.6. The van der Waals surface area contributed by atoms with Gasteiger partial charge in [0.05, 0.1) is 45.1 Å². The van der Waals surface area contributed by atoms with Crippen LogP contribution in [0.15, 0.2) is 60.7 Å². The maximum absolute atomic E-state index is 13.4. The van der Waals surface area contributed by atoms with Gasteiger partial charge in [-0.25, -0.2) is 17.9 Å². The first kappa shape index (κ1) is 26.0. The average molecular weight is 541 g/mol. The molecule has 11 nitrogen and oxygen atoms in total. The number of β-lactam (4-membered cyclic amide) rings is 1. The number of carboxylic acids is 1. The van der Waals surface area contributed by atoms with Crippen LogP contribution in [0.25, 0.3) is 0 Å². The number of sulfone groups is 1. The number of carboxylic acid groups (broad SMARTS) is 1. The van der Waals surface area contributed by atoms with Gasteiger partial charge in [0, 0.05) is 0 Å². The monoisotopic (exact) mass is 540 g/mol. The lowest BCUT2D eigenvalue weighted by molar-refractivity contribution is -0.157. The predicted octanol–water partition coefficient (Wildman–Crippen LogP) is 1.91. The van der Waals surface area contributed by atoms with Crippen molar-refractivity contribution in [3.8, 4) is 0 Å². The minimum atomic E-state index is -4.01. The highest BCUT2D eigenvalue weighted by atomic mass is 32.2. The third-order valence-electron chi connectivity index (χ3n) is 7.13. The standard InChI is InChI=1S/C26H28N4O7S/c1-26(24(25(32)33)30-22(31)12-23(30)38(26,34)35)17-29-21(16-37-14-19-10-6-3-7-11-19)20(27-28-29)15-36-13-18-8-4-2-5-9-18/h2-11,23-24H,12-17H2,1H3,(H,32,33)/t23-,24+,26+/m1/s1. The Bertz CT molecular complexity index is 1430. The van der Waals surface area contributed by atoms with Crippen LogP contribution in [0, 0.1) is 0 Å². The Morgan fingerprint density at radius 1 is 1.00 bits per heavy atom. The van der Waals surface area contributed by atoms with Crippen molar-refractivity contribution in [2.24, 2.45) is 0 Å². The van der Waals surface area contributed by atoms with Gasteiger partial charge >= 0.3 is 5.97 Å². The summed E-state index contributed by atoms with van der Waals surface area (Å²) in [7, 11) is -4.01. The van der Waals surface area contributed by atoms with Crippen LogP contribution in [0.3, 0.4) is 0 Å². The van der Waals surface area contributed by atoms with E-state index in [0.29, 0.717) is 24.6 Å². The maximum Gasteiger partial charge on any atom is 0.328 e. The highest BCUT2D eigenvalue weighted by Crippen LogP contribution is 2.47. The van der Waals surface area contributed by atoms with E-state index in [1.807, 2.05) is 60.7 Å². The molecule has 0 spiro atoms. The van der Waals surface area contributed by atoms with Gasteiger partial charge in [-0.1, -0.05) is 65.9 Å². The second-order valence-corrected chi connectivity index (χ2v) is 12.2. The summed E-state index contributed by atoms with van der Waals surface area (Å²) >= 11 is 0. The molecule has 0 radical (unpaired) electrons. The maximum atomic E-state index is 13.4. The molecular formula is C26H28N4O7S. The zero-order valence-electron chi connectivity index (χ0n) is 20.8. The Morgan fingerprint density at radius 3 is 2.13 bits per heavy atom. The number of carbonyl (C=O) groups is 2. The third-order valence-corrected chi connectivity index (χ3v) is 9.89. The number of benzene rings is 2. The van der Waals surface area contributed by atoms with Crippen molar-refractivity contribution in [1.29, 1.82) is 0 Å². The Labute approximate surface area is 219 Å². The number of carbonyl (C=O) groups excluding carboxylic acids is 1. The van der Waals surface area contributed by atoms with Crippen LogP contribution in [-0.4, -0.2) is 61.5 Å². The van der Waals surface area contributed by atoms with E-state index in [0.717, 1.165) is 16.0 Å². The Hall–Kier alpha value is -3.61. The van der Waals surface area contributed by atoms with Crippen LogP contribution in [0.4, 0.5) is 0 Å². The van der Waals surface area contributed by atoms with Crippen LogP contribution >= 0.6 is 0 Å². The van der Waals surface area contributed by atoms with Crippen molar-refractivity contribution in [3.63, 3.8) is 0 Å². The second kappa shape index (κ2) is 10.3. The van der Waals surface area contributed by atoms with Gasteiger partial charge in [-0.3, -0.25) is 4.79 Å². The summed E-state index contributed by atoms with van der Waals surface area (Å²) in [5.41, 5.74) is 2.87. The summed E-state index contributed by atoms with van der Waals surface area (Å²) in [5.74, 6) is -1.87. The Kier molecular flexibility index (Phi) is 7.03. The van der Waals surface area contributed by atoms with Gasteiger partial charge in [0.1, 0.15) is 15.8 Å². The molecule has 3 atom stereocenters. The summed E-state index contributed by atoms with van der Waals surface area (Å²) in [4.78, 5) is 25.3. The molecule has 200 valence electrons. The van der Waals surface area contributed by atoms with E-state index in [9.17, 15) is 23.1 Å². The molecule has 1 N–H and O–H groups in total. The molecule has 2 aliphatic rings. The summed E-state index contributed by atoms with van der Waals surface area (Å²) in [6, 6.07) is 17.6. The molecule has 12 heteroatoms. The van der Waals surface area contributed by atoms with Crippen molar-refractivity contribution in [2.75, 3.05) is 0 Å². The topological polar surface area (TPSA) is 141 Å². The van der Waals surface area contributed by atoms with Crippen LogP contribution in [-0.2, 0) is 61.9 Å². The van der Waals surface area contributed by atoms with Crippen LogP contribution in [0.1, 0.15) is 35.9 Å². The first-order valence-corrected chi connectivity index (χ1v) is 13.7. The van der Waals surface area contributed by atoms with E-state index < -0.39 is 37.9 Å². The number of rotatable bonds is 11. The molecule has 0 saturated carbocycles. The van der Waals surface area contributed by atoms with Crippen molar-refractivity contribution in [2.45, 2.75) is 62.5 Å². The largest absolute Gasteiger partial charge is 0.480 e. The molecule has 0 aliphatic carbocycles. The molecule has 3 heterocycles. The van der Waals surface area contributed by atoms with Crippen molar-refractivity contribution in [3.05, 3.63) is 83.2 Å². The number of hydrogen-bond acceptors (Lipinski definition) is 8. The molecule has 0 bridgehead atoms. The van der Waals surface area contributed by atoms with Crippen LogP contribution < -0.4 is 0 Å². The number of hydrogen-bond donors (Lipinski definition) is 1. The van der Waals surface area contributed by atoms with Gasteiger partial charge in [0.2, 0.25) is 5.91 Å². The number of nitrogens with zero attached hydrogens (tertiary/aromatic N) is 4. The summed E-state index contributed by atoms with van der Waals surface area (Å²) < 4.78 is 38.2. The van der Waals surface area contributed by atoms with Gasteiger partial charge in [-0.2, -0.15) is 0 Å². The van der Waals surface area contributed by atoms with Gasteiger partial charge < -0.3 is 19.5 Å². The molecule has 38 heavy (non-hydrogen) atoms. The fourth-order valence-corrected chi connectivity index (χ4v) is 7.38. The lowest BCUT2D eigenvalue weighted by Crippen LogP contribution is -2.58. The first-order chi connectivity index (χ1) is 18.2. The lowest BCUT2D eigenvalue weighted by Gasteiger charge is -2.35. The normalized spacial score (nSPS) is 23.7. The van der Waals surface area contributed by atoms with Crippen LogP contribution in [0.2, 0.25) is 0 Å². The molecule has 2 saturated heterocycles. The Balaban J connectivity index is 1.40. The molecule has 5 rings (SSSR count). The fourth-order valence-electron chi connectivity index (χ4n) is 5.03. The molecular weight excluding hydrogens is 512 g/mol. The number of fused-ring (bicyclic) bond motifs is 1. The molecule has 1 aromatic heterocycles. The van der Waals surface area contributed by atoms with E-state index in [1.54, 1.807) is 0 Å². The summed E-state index contributed by atoms with van der Waals surface area (Å²) in [5, 5.41) is 17.2. The third kappa shape index (κ3) is 4.59. The predicted molar refractivity (Wildman–Crippen MR) is 134 cm³/mol. The van der Waals surface area contributed by atoms with E-state index in [2.05, 4.69) is 10.3 Å². The quantitative estimate of drug-likeness (QED) is 0.361. The fraction of sp³-hybridized carbons (Fsp3) is 0.385. The molecule has 0 unspecified atom stereocenters. The number of ether oxygens (including phenoxy) is 2. The molecule has 2 fully saturated rings. The SMILES string of the molecule is C[C@]1(Cn2nnc(COCc3ccccc3)c2COCc2ccccc2)[C@H](C(=O)O)N2C(=O)C[C@H]2S1(=O)=O. The highest BCUT2D eigenvalue weighted by Gasteiger charge is 2.70. The molecule has 2 aliphatic heterocycles. The highest BCUT2D eigenvalue weighted by molar-refractivity contribution is 7.93. The van der Waals surface area contributed by atoms with E-state index in [4.69, 9.17) is 9.47 Å². The molecule has 2 aromatic carbocycles. The number of aliphatic carboxylic acids is 1. The zero-order chi connectivity index (χ0) is 26.9. The van der Waals surface area contributed by atoms with E-state index >= 15 is 0 Å². The van der Waals surface area contributed by atoms with Gasteiger partial charge in [-0.15, -0.1) is 5.10 Å². The number of amides is 1. The minimum Gasteiger partial charge on any atom is -0.480 e. The van der Waals surface area contributed by atoms with Gasteiger partial charge in [-0.05, 0) is 18.1 Å². The minimum absolute atomic E-state index is 0.0475. The van der Waals surface area contributed by atoms with Crippen molar-refractivity contribution < 1.29 is 32.6 Å². The summed E-state index contributed by atoms with van der Waals surface area (Å²) in [6.45, 7) is 1.83. The molecule has 3 aromatic rings. The van der Waals surface area contributed by atoms with Gasteiger partial charge in [0.25, 0.3) is 0 Å². The van der Waals surface area contributed by atoms with Crippen molar-refractivity contribution in [1.82, 2.24) is 19.9 Å². The first-order valence-electron chi connectivity index (χ1n) is 12.1. The van der Waals surface area contributed by atoms with E-state index in [-0.39, 0.29) is 26.2 Å². The lowest BCUT2D eigenvalue weighted by atomic mass is 9.96. The average Bonchev–Trinajstić information content (AvgIpc) is 3.32. The smallest absolute Gasteiger partial charge is 0.328 e. The summed E-state index contributed by atoms with van der Waals surface area (Å²) in [6.07, 6.45) is -0.218. The number of aromatic nitrogens is 3. The van der Waals surface area contributed by atoms with E-state index in [1.165, 1.54) is 11.6 Å². The molecule has 1 amide bonds. The Morgan fingerprint density at radius 2 is 1.58 bits per heavy atom. The van der Waals surface area contributed by atoms with Crippen LogP contribution in [0.5, 0.6) is 0 Å². The van der Waals surface area contributed by atoms with Gasteiger partial charge in [0.15, 0.2) is 15.9 Å². The van der Waals surface area contributed by atoms with Crippen molar-refractivity contribution >= 4 is 21.7 Å².